The van der Waals surface area contributed by atoms with Crippen LogP contribution in [0.5, 0.6) is 0 Å². The maximum absolute atomic E-state index is 6.24. The van der Waals surface area contributed by atoms with Gasteiger partial charge in [0.15, 0.2) is 0 Å². The van der Waals surface area contributed by atoms with Crippen LogP contribution in [0.15, 0.2) is 28.7 Å². The number of nitrogens with zero attached hydrogens (tertiary/aromatic N) is 2. The van der Waals surface area contributed by atoms with E-state index in [-0.39, 0.29) is 6.04 Å². The van der Waals surface area contributed by atoms with E-state index in [1.165, 1.54) is 12.0 Å². The highest BCUT2D eigenvalue weighted by Gasteiger charge is 2.31. The quantitative estimate of drug-likeness (QED) is 0.923. The first kappa shape index (κ1) is 15.0. The third kappa shape index (κ3) is 3.57. The van der Waals surface area contributed by atoms with Gasteiger partial charge in [-0.25, -0.2) is 0 Å². The van der Waals surface area contributed by atoms with E-state index in [1.54, 1.807) is 0 Å². The maximum atomic E-state index is 6.24. The Morgan fingerprint density at radius 3 is 2.42 bits per heavy atom. The van der Waals surface area contributed by atoms with Crippen molar-refractivity contribution >= 4 is 15.9 Å². The Balaban J connectivity index is 2.15. The summed E-state index contributed by atoms with van der Waals surface area (Å²) in [5.41, 5.74) is 7.56. The van der Waals surface area contributed by atoms with E-state index in [1.807, 2.05) is 0 Å². The molecule has 4 heteroatoms. The van der Waals surface area contributed by atoms with E-state index in [9.17, 15) is 0 Å². The van der Waals surface area contributed by atoms with Crippen LogP contribution in [0.4, 0.5) is 0 Å². The highest BCUT2D eigenvalue weighted by Crippen LogP contribution is 2.29. The van der Waals surface area contributed by atoms with Crippen LogP contribution in [0.1, 0.15) is 24.9 Å². The number of nitrogens with two attached hydrogens (primary N) is 1. The summed E-state index contributed by atoms with van der Waals surface area (Å²) in [5, 5.41) is 0. The molecule has 1 aliphatic heterocycles. The fourth-order valence-corrected chi connectivity index (χ4v) is 3.21. The molecule has 3 nitrogen and oxygen atoms in total. The molecule has 1 aliphatic rings. The zero-order chi connectivity index (χ0) is 14.0. The smallest absolute Gasteiger partial charge is 0.0497 e. The molecule has 0 amide bonds. The van der Waals surface area contributed by atoms with Crippen LogP contribution in [0, 0.1) is 0 Å². The highest BCUT2D eigenvalue weighted by atomic mass is 79.9. The third-order valence-electron chi connectivity index (χ3n) is 4.03. The van der Waals surface area contributed by atoms with Crippen molar-refractivity contribution in [2.24, 2.45) is 5.73 Å². The van der Waals surface area contributed by atoms with Gasteiger partial charge in [0, 0.05) is 35.7 Å². The summed E-state index contributed by atoms with van der Waals surface area (Å²) >= 11 is 3.49. The number of benzene rings is 1. The van der Waals surface area contributed by atoms with Gasteiger partial charge in [-0.3, -0.25) is 4.90 Å². The zero-order valence-corrected chi connectivity index (χ0v) is 13.6. The standard InChI is InChI=1S/C15H24BrN3/c1-11(17)15(12-4-6-13(16)7-5-12)19-9-8-14(10-19)18(2)3/h4-7,11,14-15H,8-10,17H2,1-3H3. The van der Waals surface area contributed by atoms with Gasteiger partial charge >= 0.3 is 0 Å². The molecule has 1 heterocycles. The molecule has 2 N–H and O–H groups in total. The molecule has 1 saturated heterocycles. The van der Waals surface area contributed by atoms with Gasteiger partial charge in [0.2, 0.25) is 0 Å². The first-order valence-corrected chi connectivity index (χ1v) is 7.70. The lowest BCUT2D eigenvalue weighted by Crippen LogP contribution is -2.40. The molecule has 2 rings (SSSR count). The molecule has 3 atom stereocenters. The Morgan fingerprint density at radius 2 is 1.95 bits per heavy atom. The highest BCUT2D eigenvalue weighted by molar-refractivity contribution is 9.10. The van der Waals surface area contributed by atoms with Crippen LogP contribution in [0.3, 0.4) is 0 Å². The Hall–Kier alpha value is -0.420. The molecule has 0 aliphatic carbocycles. The van der Waals surface area contributed by atoms with Gasteiger partial charge in [-0.1, -0.05) is 28.1 Å². The van der Waals surface area contributed by atoms with Crippen LogP contribution in [0.25, 0.3) is 0 Å². The summed E-state index contributed by atoms with van der Waals surface area (Å²) in [6, 6.07) is 9.67. The number of rotatable bonds is 4. The Bertz CT molecular complexity index is 402. The lowest BCUT2D eigenvalue weighted by molar-refractivity contribution is 0.197. The van der Waals surface area contributed by atoms with Crippen molar-refractivity contribution in [3.8, 4) is 0 Å². The molecule has 106 valence electrons. The molecule has 3 unspecified atom stereocenters. The number of hydrogen-bond acceptors (Lipinski definition) is 3. The Morgan fingerprint density at radius 1 is 1.32 bits per heavy atom. The lowest BCUT2D eigenvalue weighted by atomic mass is 9.99. The molecule has 1 aromatic carbocycles. The molecule has 1 fully saturated rings. The fourth-order valence-electron chi connectivity index (χ4n) is 2.95. The van der Waals surface area contributed by atoms with Crippen LogP contribution < -0.4 is 5.73 Å². The van der Waals surface area contributed by atoms with E-state index < -0.39 is 0 Å². The minimum Gasteiger partial charge on any atom is -0.326 e. The molecular formula is C15H24BrN3. The number of halogens is 1. The second-order valence-corrected chi connectivity index (χ2v) is 6.67. The van der Waals surface area contributed by atoms with Gasteiger partial charge in [0.1, 0.15) is 0 Å². The second-order valence-electron chi connectivity index (χ2n) is 5.76. The molecular weight excluding hydrogens is 302 g/mol. The average Bonchev–Trinajstić information content (AvgIpc) is 2.81. The summed E-state index contributed by atoms with van der Waals surface area (Å²) in [7, 11) is 4.32. The van der Waals surface area contributed by atoms with Crippen molar-refractivity contribution in [1.82, 2.24) is 9.80 Å². The van der Waals surface area contributed by atoms with E-state index in [4.69, 9.17) is 5.73 Å². The first-order valence-electron chi connectivity index (χ1n) is 6.90. The van der Waals surface area contributed by atoms with Crippen molar-refractivity contribution in [1.29, 1.82) is 0 Å². The zero-order valence-electron chi connectivity index (χ0n) is 12.0. The van der Waals surface area contributed by atoms with Gasteiger partial charge in [-0.05, 0) is 45.1 Å². The third-order valence-corrected chi connectivity index (χ3v) is 4.56. The van der Waals surface area contributed by atoms with Crippen molar-refractivity contribution in [2.75, 3.05) is 27.2 Å². The summed E-state index contributed by atoms with van der Waals surface area (Å²) < 4.78 is 1.12. The van der Waals surface area contributed by atoms with Crippen LogP contribution in [-0.4, -0.2) is 49.1 Å². The van der Waals surface area contributed by atoms with Gasteiger partial charge < -0.3 is 10.6 Å². The summed E-state index contributed by atoms with van der Waals surface area (Å²) in [6.45, 7) is 4.34. The van der Waals surface area contributed by atoms with Crippen molar-refractivity contribution in [3.05, 3.63) is 34.3 Å². The van der Waals surface area contributed by atoms with Crippen LogP contribution >= 0.6 is 15.9 Å². The monoisotopic (exact) mass is 325 g/mol. The minimum absolute atomic E-state index is 0.141. The first-order chi connectivity index (χ1) is 8.99. The Kier molecular flexibility index (Phi) is 5.01. The fraction of sp³-hybridized carbons (Fsp3) is 0.600. The largest absolute Gasteiger partial charge is 0.326 e. The molecule has 0 bridgehead atoms. The minimum atomic E-state index is 0.141. The molecule has 0 saturated carbocycles. The van der Waals surface area contributed by atoms with E-state index >= 15 is 0 Å². The van der Waals surface area contributed by atoms with Crippen molar-refractivity contribution in [3.63, 3.8) is 0 Å². The summed E-state index contributed by atoms with van der Waals surface area (Å²) in [4.78, 5) is 4.85. The predicted octanol–water partition coefficient (Wildman–Crippen LogP) is 2.47. The van der Waals surface area contributed by atoms with E-state index in [0.717, 1.165) is 17.6 Å². The summed E-state index contributed by atoms with van der Waals surface area (Å²) in [5.74, 6) is 0. The van der Waals surface area contributed by atoms with Gasteiger partial charge in [-0.15, -0.1) is 0 Å². The predicted molar refractivity (Wildman–Crippen MR) is 84.2 cm³/mol. The van der Waals surface area contributed by atoms with Gasteiger partial charge in [0.25, 0.3) is 0 Å². The van der Waals surface area contributed by atoms with E-state index in [2.05, 4.69) is 71.0 Å². The maximum Gasteiger partial charge on any atom is 0.0497 e. The van der Waals surface area contributed by atoms with Crippen molar-refractivity contribution in [2.45, 2.75) is 31.5 Å². The molecule has 1 aromatic rings. The SMILES string of the molecule is CC(N)C(c1ccc(Br)cc1)N1CCC(N(C)C)C1. The number of hydrogen-bond donors (Lipinski definition) is 1. The average molecular weight is 326 g/mol. The second kappa shape index (κ2) is 6.35. The molecule has 0 spiro atoms. The van der Waals surface area contributed by atoms with Crippen LogP contribution in [0.2, 0.25) is 0 Å². The molecule has 0 aromatic heterocycles. The molecule has 19 heavy (non-hydrogen) atoms. The number of likely N-dealkylation sites (tertiary alicyclic amines) is 1. The molecule has 0 radical (unpaired) electrons. The number of likely N-dealkylation sites (N-methyl/N-ethyl adjacent to an activating group) is 1. The normalized spacial score (nSPS) is 23.8. The summed E-state index contributed by atoms with van der Waals surface area (Å²) in [6.07, 6.45) is 1.23. The van der Waals surface area contributed by atoms with Gasteiger partial charge in [-0.2, -0.15) is 0 Å². The van der Waals surface area contributed by atoms with Gasteiger partial charge in [0.05, 0.1) is 0 Å². The van der Waals surface area contributed by atoms with Crippen molar-refractivity contribution < 1.29 is 0 Å². The lowest BCUT2D eigenvalue weighted by Gasteiger charge is -2.32. The van der Waals surface area contributed by atoms with E-state index in [0.29, 0.717) is 12.1 Å². The van der Waals surface area contributed by atoms with Crippen LogP contribution in [-0.2, 0) is 0 Å². The topological polar surface area (TPSA) is 32.5 Å². The Labute approximate surface area is 124 Å².